The van der Waals surface area contributed by atoms with E-state index in [1.807, 2.05) is 0 Å². The molecule has 2 atom stereocenters. The molecule has 150 valence electrons. The summed E-state index contributed by atoms with van der Waals surface area (Å²) in [6, 6.07) is 0. The van der Waals surface area contributed by atoms with Crippen LogP contribution in [0.15, 0.2) is 4.99 Å². The van der Waals surface area contributed by atoms with Crippen LogP contribution in [0.1, 0.15) is 78.1 Å². The molecule has 0 heterocycles. The summed E-state index contributed by atoms with van der Waals surface area (Å²) in [5.41, 5.74) is 12.3. The first-order valence-corrected chi connectivity index (χ1v) is 10.8. The Morgan fingerprint density at radius 3 is 2.12 bits per heavy atom. The first-order chi connectivity index (χ1) is 12.3. The fraction of sp³-hybridized carbons (Fsp3) is 0.952. The van der Waals surface area contributed by atoms with Crippen LogP contribution >= 0.6 is 0 Å². The summed E-state index contributed by atoms with van der Waals surface area (Å²) in [6.07, 6.45) is 13.4. The van der Waals surface area contributed by atoms with Crippen LogP contribution in [-0.4, -0.2) is 37.7 Å². The first-order valence-electron chi connectivity index (χ1n) is 10.8. The van der Waals surface area contributed by atoms with Crippen molar-refractivity contribution < 1.29 is 0 Å². The molecule has 0 amide bonds. The molecule has 6 N–H and O–H groups in total. The summed E-state index contributed by atoms with van der Waals surface area (Å²) >= 11 is 0. The van der Waals surface area contributed by atoms with Gasteiger partial charge in [-0.1, -0.05) is 13.8 Å². The van der Waals surface area contributed by atoms with E-state index in [1.54, 1.807) is 0 Å². The number of hydrogen-bond acceptors (Lipinski definition) is 3. The molecule has 2 unspecified atom stereocenters. The van der Waals surface area contributed by atoms with Crippen LogP contribution in [0.4, 0.5) is 0 Å². The zero-order chi connectivity index (χ0) is 18.7. The van der Waals surface area contributed by atoms with Gasteiger partial charge in [-0.05, 0) is 101 Å². The number of guanidine groups is 1. The number of nitrogens with one attached hydrogen (secondary N) is 2. The second-order valence-electron chi connectivity index (χ2n) is 10.3. The predicted octanol–water partition coefficient (Wildman–Crippen LogP) is 2.75. The molecule has 0 radical (unpaired) electrons. The van der Waals surface area contributed by atoms with Crippen molar-refractivity contribution in [2.45, 2.75) is 83.6 Å². The second kappa shape index (κ2) is 8.05. The van der Waals surface area contributed by atoms with E-state index in [9.17, 15) is 0 Å². The van der Waals surface area contributed by atoms with Gasteiger partial charge in [0, 0.05) is 12.1 Å². The molecule has 4 saturated carbocycles. The molecule has 26 heavy (non-hydrogen) atoms. The Bertz CT molecular complexity index is 481. The molecule has 0 aromatic heterocycles. The highest BCUT2D eigenvalue weighted by atomic mass is 15.0. The van der Waals surface area contributed by atoms with Crippen LogP contribution < -0.4 is 22.1 Å². The monoisotopic (exact) mass is 363 g/mol. The van der Waals surface area contributed by atoms with Crippen LogP contribution in [0.25, 0.3) is 0 Å². The predicted molar refractivity (Wildman–Crippen MR) is 110 cm³/mol. The van der Waals surface area contributed by atoms with Gasteiger partial charge in [0.25, 0.3) is 0 Å². The maximum Gasteiger partial charge on any atom is 0.185 e. The summed E-state index contributed by atoms with van der Waals surface area (Å²) in [4.78, 5) is 4.01. The van der Waals surface area contributed by atoms with Crippen molar-refractivity contribution in [1.29, 1.82) is 0 Å². The van der Waals surface area contributed by atoms with Crippen LogP contribution in [0.3, 0.4) is 0 Å². The topological polar surface area (TPSA) is 88.5 Å². The highest BCUT2D eigenvalue weighted by molar-refractivity contribution is 5.75. The number of nitrogens with two attached hydrogens (primary N) is 2. The molecule has 5 heteroatoms. The van der Waals surface area contributed by atoms with E-state index in [-0.39, 0.29) is 5.96 Å². The van der Waals surface area contributed by atoms with Gasteiger partial charge in [0.15, 0.2) is 5.96 Å². The molecule has 5 nitrogen and oxygen atoms in total. The number of rotatable bonds is 11. The Labute approximate surface area is 160 Å². The van der Waals surface area contributed by atoms with Gasteiger partial charge in [-0.2, -0.15) is 0 Å². The zero-order valence-electron chi connectivity index (χ0n) is 17.1. The molecule has 4 bridgehead atoms. The van der Waals surface area contributed by atoms with Gasteiger partial charge in [-0.25, -0.2) is 0 Å². The highest BCUT2D eigenvalue weighted by Gasteiger charge is 2.59. The largest absolute Gasteiger partial charge is 0.370 e. The lowest BCUT2D eigenvalue weighted by atomic mass is 9.43. The van der Waals surface area contributed by atoms with Gasteiger partial charge < -0.3 is 22.1 Å². The van der Waals surface area contributed by atoms with Crippen molar-refractivity contribution in [3.8, 4) is 0 Å². The Kier molecular flexibility index (Phi) is 6.18. The molecule has 0 aromatic rings. The molecule has 0 saturated heterocycles. The van der Waals surface area contributed by atoms with Crippen LogP contribution in [0.5, 0.6) is 0 Å². The van der Waals surface area contributed by atoms with Crippen LogP contribution in [0, 0.1) is 16.7 Å². The summed E-state index contributed by atoms with van der Waals surface area (Å²) in [6.45, 7) is 9.23. The van der Waals surface area contributed by atoms with Crippen LogP contribution in [0.2, 0.25) is 0 Å². The molecule has 0 aliphatic heterocycles. The minimum absolute atomic E-state index is 0.201. The quantitative estimate of drug-likeness (QED) is 0.258. The van der Waals surface area contributed by atoms with Gasteiger partial charge in [-0.3, -0.25) is 4.99 Å². The molecule has 4 fully saturated rings. The maximum absolute atomic E-state index is 5.32. The van der Waals surface area contributed by atoms with Crippen molar-refractivity contribution in [2.75, 3.05) is 26.2 Å². The summed E-state index contributed by atoms with van der Waals surface area (Å²) in [5, 5.41) is 7.58. The van der Waals surface area contributed by atoms with Crippen molar-refractivity contribution in [2.24, 2.45) is 33.2 Å². The lowest BCUT2D eigenvalue weighted by molar-refractivity contribution is -0.117. The Morgan fingerprint density at radius 1 is 0.885 bits per heavy atom. The van der Waals surface area contributed by atoms with Gasteiger partial charge in [0.1, 0.15) is 0 Å². The smallest absolute Gasteiger partial charge is 0.185 e. The highest BCUT2D eigenvalue weighted by Crippen LogP contribution is 2.66. The maximum atomic E-state index is 5.32. The molecular formula is C21H41N5. The van der Waals surface area contributed by atoms with Crippen molar-refractivity contribution >= 4 is 5.96 Å². The standard InChI is InChI=1S/C21H41N5/c1-19-11-17-12-20(2,14-19)16-21(13-17,15-19)26-10-6-4-8-24-7-3-5-9-25-18(22)23/h17,24,26H,3-16H2,1-2H3,(H4,22,23,25). The average molecular weight is 364 g/mol. The number of aliphatic imine (C=N–C) groups is 1. The molecule has 4 aliphatic carbocycles. The summed E-state index contributed by atoms with van der Waals surface area (Å²) in [5.74, 6) is 1.18. The second-order valence-corrected chi connectivity index (χ2v) is 10.3. The van der Waals surface area contributed by atoms with E-state index in [4.69, 9.17) is 11.5 Å². The SMILES string of the molecule is CC12CC3CC(C)(C1)CC(NCCCCNCCCCN=C(N)N)(C3)C2. The lowest BCUT2D eigenvalue weighted by Crippen LogP contribution is -2.64. The van der Waals surface area contributed by atoms with Crippen molar-refractivity contribution in [3.05, 3.63) is 0 Å². The van der Waals surface area contributed by atoms with Crippen LogP contribution in [-0.2, 0) is 0 Å². The van der Waals surface area contributed by atoms with E-state index in [2.05, 4.69) is 29.5 Å². The van der Waals surface area contributed by atoms with Crippen molar-refractivity contribution in [3.63, 3.8) is 0 Å². The first kappa shape index (κ1) is 19.9. The van der Waals surface area contributed by atoms with Gasteiger partial charge in [0.05, 0.1) is 0 Å². The molecular weight excluding hydrogens is 322 g/mol. The summed E-state index contributed by atoms with van der Waals surface area (Å²) in [7, 11) is 0. The Morgan fingerprint density at radius 2 is 1.50 bits per heavy atom. The van der Waals surface area contributed by atoms with E-state index in [0.717, 1.165) is 38.4 Å². The normalized spacial score (nSPS) is 37.8. The lowest BCUT2D eigenvalue weighted by Gasteiger charge is -2.65. The molecule has 4 rings (SSSR count). The summed E-state index contributed by atoms with van der Waals surface area (Å²) < 4.78 is 0. The fourth-order valence-electron chi connectivity index (χ4n) is 7.07. The van der Waals surface area contributed by atoms with Gasteiger partial charge in [-0.15, -0.1) is 0 Å². The molecule has 0 spiro atoms. The Hall–Kier alpha value is -0.810. The van der Waals surface area contributed by atoms with E-state index < -0.39 is 0 Å². The Balaban J connectivity index is 1.26. The zero-order valence-corrected chi connectivity index (χ0v) is 17.1. The van der Waals surface area contributed by atoms with E-state index >= 15 is 0 Å². The van der Waals surface area contributed by atoms with Gasteiger partial charge >= 0.3 is 0 Å². The third-order valence-electron chi connectivity index (χ3n) is 6.96. The minimum Gasteiger partial charge on any atom is -0.370 e. The fourth-order valence-corrected chi connectivity index (χ4v) is 7.07. The van der Waals surface area contributed by atoms with Gasteiger partial charge in [0.2, 0.25) is 0 Å². The van der Waals surface area contributed by atoms with Crippen molar-refractivity contribution in [1.82, 2.24) is 10.6 Å². The number of hydrogen-bond donors (Lipinski definition) is 4. The van der Waals surface area contributed by atoms with E-state index in [0.29, 0.717) is 16.4 Å². The third-order valence-corrected chi connectivity index (χ3v) is 6.96. The molecule has 0 aromatic carbocycles. The average Bonchev–Trinajstić information content (AvgIpc) is 2.48. The number of nitrogens with zero attached hydrogens (tertiary/aromatic N) is 1. The number of unbranched alkanes of at least 4 members (excludes halogenated alkanes) is 2. The third kappa shape index (κ3) is 5.13. The van der Waals surface area contributed by atoms with E-state index in [1.165, 1.54) is 57.9 Å². The molecule has 4 aliphatic rings. The minimum atomic E-state index is 0.201.